The summed E-state index contributed by atoms with van der Waals surface area (Å²) in [5.41, 5.74) is 4.89. The summed E-state index contributed by atoms with van der Waals surface area (Å²) in [6, 6.07) is 38.0. The molecular formula is C24H18ClP. The van der Waals surface area contributed by atoms with Crippen molar-refractivity contribution < 1.29 is 0 Å². The van der Waals surface area contributed by atoms with Crippen molar-refractivity contribution in [2.75, 3.05) is 0 Å². The SMILES string of the molecule is ClP(c1ccc(-c2ccccc2)cc1)c1ccc(-c2ccccc2)cc1. The minimum atomic E-state index is -0.861. The molecule has 0 bridgehead atoms. The van der Waals surface area contributed by atoms with Gasteiger partial charge in [0, 0.05) is 0 Å². The molecule has 0 saturated carbocycles. The summed E-state index contributed by atoms with van der Waals surface area (Å²) in [6.45, 7) is 0. The van der Waals surface area contributed by atoms with E-state index in [4.69, 9.17) is 11.2 Å². The van der Waals surface area contributed by atoms with Crippen molar-refractivity contribution in [3.63, 3.8) is 0 Å². The second-order valence-electron chi connectivity index (χ2n) is 6.11. The predicted octanol–water partition coefficient (Wildman–Crippen LogP) is 6.61. The van der Waals surface area contributed by atoms with E-state index in [0.717, 1.165) is 0 Å². The van der Waals surface area contributed by atoms with Crippen molar-refractivity contribution in [2.45, 2.75) is 0 Å². The molecule has 0 heterocycles. The van der Waals surface area contributed by atoms with Gasteiger partial charge in [0.15, 0.2) is 0 Å². The van der Waals surface area contributed by atoms with Crippen LogP contribution < -0.4 is 10.6 Å². The Bertz CT molecular complexity index is 879. The minimum absolute atomic E-state index is 0.861. The molecule has 0 aliphatic rings. The van der Waals surface area contributed by atoms with Gasteiger partial charge in [0.05, 0.1) is 7.27 Å². The van der Waals surface area contributed by atoms with Gasteiger partial charge in [-0.15, -0.1) is 0 Å². The first-order valence-electron chi connectivity index (χ1n) is 8.58. The minimum Gasteiger partial charge on any atom is -0.0859 e. The largest absolute Gasteiger partial charge is 0.0859 e. The molecule has 0 saturated heterocycles. The molecule has 0 fully saturated rings. The fraction of sp³-hybridized carbons (Fsp3) is 0. The summed E-state index contributed by atoms with van der Waals surface area (Å²) in [5, 5.41) is 2.35. The predicted molar refractivity (Wildman–Crippen MR) is 116 cm³/mol. The summed E-state index contributed by atoms with van der Waals surface area (Å²) in [5.74, 6) is 0. The molecule has 126 valence electrons. The second kappa shape index (κ2) is 7.87. The number of rotatable bonds is 4. The van der Waals surface area contributed by atoms with Crippen molar-refractivity contribution in [2.24, 2.45) is 0 Å². The van der Waals surface area contributed by atoms with Gasteiger partial charge in [-0.3, -0.25) is 0 Å². The Kier molecular flexibility index (Phi) is 5.16. The van der Waals surface area contributed by atoms with Crippen LogP contribution in [0.2, 0.25) is 0 Å². The number of hydrogen-bond acceptors (Lipinski definition) is 0. The molecule has 0 amide bonds. The highest BCUT2D eigenvalue weighted by molar-refractivity contribution is 7.95. The van der Waals surface area contributed by atoms with Gasteiger partial charge in [-0.25, -0.2) is 0 Å². The molecule has 0 N–H and O–H groups in total. The number of hydrogen-bond donors (Lipinski definition) is 0. The molecule has 0 aliphatic carbocycles. The van der Waals surface area contributed by atoms with Crippen LogP contribution in [0.3, 0.4) is 0 Å². The van der Waals surface area contributed by atoms with Gasteiger partial charge in [0.1, 0.15) is 0 Å². The third-order valence-electron chi connectivity index (χ3n) is 4.40. The highest BCUT2D eigenvalue weighted by Gasteiger charge is 2.11. The van der Waals surface area contributed by atoms with E-state index in [1.165, 1.54) is 32.9 Å². The maximum atomic E-state index is 6.79. The molecular weight excluding hydrogens is 355 g/mol. The van der Waals surface area contributed by atoms with Crippen molar-refractivity contribution in [1.82, 2.24) is 0 Å². The van der Waals surface area contributed by atoms with E-state index < -0.39 is 7.27 Å². The zero-order chi connectivity index (χ0) is 17.8. The average Bonchev–Trinajstić information content (AvgIpc) is 2.75. The summed E-state index contributed by atoms with van der Waals surface area (Å²) < 4.78 is 0. The lowest BCUT2D eigenvalue weighted by Gasteiger charge is -2.12. The lowest BCUT2D eigenvalue weighted by atomic mass is 10.1. The van der Waals surface area contributed by atoms with E-state index in [-0.39, 0.29) is 0 Å². The van der Waals surface area contributed by atoms with Crippen LogP contribution in [0, 0.1) is 0 Å². The van der Waals surface area contributed by atoms with Crippen LogP contribution in [0.5, 0.6) is 0 Å². The van der Waals surface area contributed by atoms with Crippen LogP contribution >= 0.6 is 18.5 Å². The summed E-state index contributed by atoms with van der Waals surface area (Å²) >= 11 is 6.79. The van der Waals surface area contributed by atoms with Crippen LogP contribution in [0.25, 0.3) is 22.3 Å². The number of benzene rings is 4. The molecule has 4 rings (SSSR count). The highest BCUT2D eigenvalue weighted by atomic mass is 35.7. The van der Waals surface area contributed by atoms with Gasteiger partial charge in [-0.2, -0.15) is 0 Å². The van der Waals surface area contributed by atoms with Gasteiger partial charge in [0.2, 0.25) is 0 Å². The van der Waals surface area contributed by atoms with Crippen LogP contribution in [0.1, 0.15) is 0 Å². The van der Waals surface area contributed by atoms with Gasteiger partial charge in [0.25, 0.3) is 0 Å². The topological polar surface area (TPSA) is 0 Å². The van der Waals surface area contributed by atoms with E-state index in [2.05, 4.69) is 97.1 Å². The van der Waals surface area contributed by atoms with Gasteiger partial charge >= 0.3 is 0 Å². The lowest BCUT2D eigenvalue weighted by molar-refractivity contribution is 1.63. The van der Waals surface area contributed by atoms with Gasteiger partial charge in [-0.05, 0) is 32.9 Å². The molecule has 0 spiro atoms. The van der Waals surface area contributed by atoms with Crippen LogP contribution in [0.4, 0.5) is 0 Å². The summed E-state index contributed by atoms with van der Waals surface area (Å²) in [7, 11) is -0.861. The highest BCUT2D eigenvalue weighted by Crippen LogP contribution is 2.39. The molecule has 0 aromatic heterocycles. The molecule has 0 atom stereocenters. The Hall–Kier alpha value is -2.40. The monoisotopic (exact) mass is 372 g/mol. The molecule has 4 aromatic rings. The van der Waals surface area contributed by atoms with Gasteiger partial charge in [-0.1, -0.05) is 120 Å². The zero-order valence-corrected chi connectivity index (χ0v) is 15.9. The van der Waals surface area contributed by atoms with Crippen molar-refractivity contribution in [3.8, 4) is 22.3 Å². The molecule has 26 heavy (non-hydrogen) atoms. The fourth-order valence-corrected chi connectivity index (χ4v) is 4.78. The third kappa shape index (κ3) is 3.73. The van der Waals surface area contributed by atoms with Crippen molar-refractivity contribution in [3.05, 3.63) is 109 Å². The second-order valence-corrected chi connectivity index (χ2v) is 8.72. The van der Waals surface area contributed by atoms with E-state index in [0.29, 0.717) is 0 Å². The van der Waals surface area contributed by atoms with E-state index in [1.807, 2.05) is 12.1 Å². The smallest absolute Gasteiger partial charge is 0.0524 e. The van der Waals surface area contributed by atoms with Gasteiger partial charge < -0.3 is 0 Å². The maximum Gasteiger partial charge on any atom is 0.0524 e. The molecule has 0 radical (unpaired) electrons. The molecule has 0 unspecified atom stereocenters. The quantitative estimate of drug-likeness (QED) is 0.354. The summed E-state index contributed by atoms with van der Waals surface area (Å²) in [4.78, 5) is 0. The lowest BCUT2D eigenvalue weighted by Crippen LogP contribution is -2.07. The van der Waals surface area contributed by atoms with E-state index in [9.17, 15) is 0 Å². The Balaban J connectivity index is 1.55. The van der Waals surface area contributed by atoms with Crippen LogP contribution in [-0.2, 0) is 0 Å². The first-order chi connectivity index (χ1) is 12.8. The van der Waals surface area contributed by atoms with Crippen molar-refractivity contribution in [1.29, 1.82) is 0 Å². The van der Waals surface area contributed by atoms with E-state index >= 15 is 0 Å². The Morgan fingerprint density at radius 1 is 0.385 bits per heavy atom. The van der Waals surface area contributed by atoms with Crippen LogP contribution in [-0.4, -0.2) is 0 Å². The average molecular weight is 373 g/mol. The molecule has 2 heteroatoms. The first kappa shape index (κ1) is 17.0. The molecule has 0 aliphatic heterocycles. The molecule has 4 aromatic carbocycles. The Morgan fingerprint density at radius 2 is 0.692 bits per heavy atom. The normalized spacial score (nSPS) is 10.8. The zero-order valence-electron chi connectivity index (χ0n) is 14.2. The van der Waals surface area contributed by atoms with Crippen LogP contribution in [0.15, 0.2) is 109 Å². The standard InChI is InChI=1S/C24H18ClP/c25-26(23-15-11-21(12-16-23)19-7-3-1-4-8-19)24-17-13-22(14-18-24)20-9-5-2-6-10-20/h1-18H. The number of halogens is 1. The third-order valence-corrected chi connectivity index (χ3v) is 7.08. The first-order valence-corrected chi connectivity index (χ1v) is 10.8. The maximum absolute atomic E-state index is 6.79. The Labute approximate surface area is 160 Å². The Morgan fingerprint density at radius 3 is 1.04 bits per heavy atom. The summed E-state index contributed by atoms with van der Waals surface area (Å²) in [6.07, 6.45) is 0. The molecule has 0 nitrogen and oxygen atoms in total. The van der Waals surface area contributed by atoms with Crippen molar-refractivity contribution >= 4 is 29.1 Å². The fourth-order valence-electron chi connectivity index (χ4n) is 2.98. The van der Waals surface area contributed by atoms with E-state index in [1.54, 1.807) is 0 Å².